The zero-order valence-electron chi connectivity index (χ0n) is 7.77. The van der Waals surface area contributed by atoms with E-state index in [9.17, 15) is 4.79 Å². The Morgan fingerprint density at radius 2 is 2.23 bits per heavy atom. The zero-order chi connectivity index (χ0) is 10.3. The van der Waals surface area contributed by atoms with Gasteiger partial charge in [0.05, 0.1) is 0 Å². The molecule has 0 aromatic heterocycles. The van der Waals surface area contributed by atoms with Gasteiger partial charge in [-0.25, -0.2) is 0 Å². The fourth-order valence-corrected chi connectivity index (χ4v) is 1.99. The van der Waals surface area contributed by atoms with Crippen molar-refractivity contribution in [1.29, 1.82) is 0 Å². The SMILES string of the molecule is CCC(CCO)SCC(N)C(=O)O. The molecule has 0 saturated heterocycles. The number of carboxylic acid groups (broad SMARTS) is 1. The Labute approximate surface area is 82.5 Å². The molecule has 2 unspecified atom stereocenters. The second-order valence-corrected chi connectivity index (χ2v) is 4.15. The van der Waals surface area contributed by atoms with Crippen molar-refractivity contribution in [3.63, 3.8) is 0 Å². The fraction of sp³-hybridized carbons (Fsp3) is 0.875. The topological polar surface area (TPSA) is 83.5 Å². The lowest BCUT2D eigenvalue weighted by Crippen LogP contribution is -2.33. The van der Waals surface area contributed by atoms with Gasteiger partial charge in [-0.3, -0.25) is 4.79 Å². The molecule has 2 atom stereocenters. The summed E-state index contributed by atoms with van der Waals surface area (Å²) in [6.07, 6.45) is 1.63. The van der Waals surface area contributed by atoms with Gasteiger partial charge in [-0.2, -0.15) is 11.8 Å². The van der Waals surface area contributed by atoms with Crippen LogP contribution in [0.2, 0.25) is 0 Å². The van der Waals surface area contributed by atoms with Crippen molar-refractivity contribution < 1.29 is 15.0 Å². The van der Waals surface area contributed by atoms with Gasteiger partial charge in [0, 0.05) is 17.6 Å². The molecule has 0 bridgehead atoms. The van der Waals surface area contributed by atoms with Crippen molar-refractivity contribution >= 4 is 17.7 Å². The van der Waals surface area contributed by atoms with Crippen LogP contribution in [0.3, 0.4) is 0 Å². The lowest BCUT2D eigenvalue weighted by atomic mass is 10.2. The zero-order valence-corrected chi connectivity index (χ0v) is 8.59. The van der Waals surface area contributed by atoms with E-state index in [4.69, 9.17) is 15.9 Å². The molecule has 0 saturated carbocycles. The first-order valence-corrected chi connectivity index (χ1v) is 5.37. The van der Waals surface area contributed by atoms with Crippen LogP contribution < -0.4 is 5.73 Å². The van der Waals surface area contributed by atoms with Crippen LogP contribution in [0.15, 0.2) is 0 Å². The average molecular weight is 207 g/mol. The quantitative estimate of drug-likeness (QED) is 0.559. The number of aliphatic carboxylic acids is 1. The lowest BCUT2D eigenvalue weighted by Gasteiger charge is -2.14. The Kier molecular flexibility index (Phi) is 7.03. The van der Waals surface area contributed by atoms with Gasteiger partial charge < -0.3 is 15.9 Å². The number of hydrogen-bond donors (Lipinski definition) is 3. The summed E-state index contributed by atoms with van der Waals surface area (Å²) < 4.78 is 0. The summed E-state index contributed by atoms with van der Waals surface area (Å²) in [5, 5.41) is 17.5. The van der Waals surface area contributed by atoms with Crippen LogP contribution in [0.1, 0.15) is 19.8 Å². The van der Waals surface area contributed by atoms with Crippen molar-refractivity contribution in [2.45, 2.75) is 31.1 Å². The summed E-state index contributed by atoms with van der Waals surface area (Å²) >= 11 is 1.52. The van der Waals surface area contributed by atoms with Crippen LogP contribution in [-0.2, 0) is 4.79 Å². The molecular weight excluding hydrogens is 190 g/mol. The van der Waals surface area contributed by atoms with Crippen molar-refractivity contribution in [3.05, 3.63) is 0 Å². The van der Waals surface area contributed by atoms with Crippen molar-refractivity contribution in [2.24, 2.45) is 5.73 Å². The highest BCUT2D eigenvalue weighted by Gasteiger charge is 2.14. The lowest BCUT2D eigenvalue weighted by molar-refractivity contribution is -0.137. The van der Waals surface area contributed by atoms with E-state index in [-0.39, 0.29) is 6.61 Å². The first-order chi connectivity index (χ1) is 6.11. The fourth-order valence-electron chi connectivity index (χ4n) is 0.860. The number of hydrogen-bond acceptors (Lipinski definition) is 4. The minimum atomic E-state index is -0.966. The molecule has 0 aliphatic carbocycles. The number of aliphatic hydroxyl groups is 1. The van der Waals surface area contributed by atoms with Crippen molar-refractivity contribution in [1.82, 2.24) is 0 Å². The van der Waals surface area contributed by atoms with E-state index in [1.807, 2.05) is 6.92 Å². The maximum atomic E-state index is 10.4. The van der Waals surface area contributed by atoms with E-state index in [1.54, 1.807) is 0 Å². The Bertz CT molecular complexity index is 154. The van der Waals surface area contributed by atoms with E-state index in [1.165, 1.54) is 11.8 Å². The number of carboxylic acids is 1. The number of carbonyl (C=O) groups is 1. The average Bonchev–Trinajstić information content (AvgIpc) is 2.11. The van der Waals surface area contributed by atoms with E-state index in [0.717, 1.165) is 6.42 Å². The molecule has 4 nitrogen and oxygen atoms in total. The van der Waals surface area contributed by atoms with Gasteiger partial charge in [-0.05, 0) is 12.8 Å². The van der Waals surface area contributed by atoms with Crippen LogP contribution in [0.25, 0.3) is 0 Å². The number of thioether (sulfide) groups is 1. The Balaban J connectivity index is 3.64. The van der Waals surface area contributed by atoms with Crippen LogP contribution in [0.5, 0.6) is 0 Å². The van der Waals surface area contributed by atoms with Crippen LogP contribution >= 0.6 is 11.8 Å². The van der Waals surface area contributed by atoms with Gasteiger partial charge in [0.15, 0.2) is 0 Å². The molecule has 78 valence electrons. The van der Waals surface area contributed by atoms with Gasteiger partial charge in [0.2, 0.25) is 0 Å². The summed E-state index contributed by atoms with van der Waals surface area (Å²) in [6.45, 7) is 2.16. The molecule has 0 heterocycles. The second-order valence-electron chi connectivity index (χ2n) is 2.82. The largest absolute Gasteiger partial charge is 0.480 e. The second kappa shape index (κ2) is 7.17. The Morgan fingerprint density at radius 1 is 1.62 bits per heavy atom. The third-order valence-corrected chi connectivity index (χ3v) is 3.33. The van der Waals surface area contributed by atoms with Gasteiger partial charge in [-0.15, -0.1) is 0 Å². The monoisotopic (exact) mass is 207 g/mol. The summed E-state index contributed by atoms with van der Waals surface area (Å²) in [7, 11) is 0. The third kappa shape index (κ3) is 5.90. The molecule has 0 aromatic rings. The summed E-state index contributed by atoms with van der Waals surface area (Å²) in [6, 6.07) is -0.794. The molecule has 0 radical (unpaired) electrons. The summed E-state index contributed by atoms with van der Waals surface area (Å²) in [5.74, 6) is -0.556. The molecular formula is C8H17NO3S. The molecule has 5 heteroatoms. The maximum Gasteiger partial charge on any atom is 0.321 e. The van der Waals surface area contributed by atoms with E-state index in [2.05, 4.69) is 0 Å². The number of rotatable bonds is 7. The van der Waals surface area contributed by atoms with Crippen molar-refractivity contribution in [2.75, 3.05) is 12.4 Å². The standard InChI is InChI=1S/C8H17NO3S/c1-2-6(3-4-10)13-5-7(9)8(11)12/h6-7,10H,2-5,9H2,1H3,(H,11,12). The normalized spacial score (nSPS) is 15.3. The molecule has 0 aromatic carbocycles. The van der Waals surface area contributed by atoms with Crippen LogP contribution in [0, 0.1) is 0 Å². The Morgan fingerprint density at radius 3 is 2.62 bits per heavy atom. The molecule has 0 spiro atoms. The third-order valence-electron chi connectivity index (χ3n) is 1.74. The van der Waals surface area contributed by atoms with E-state index < -0.39 is 12.0 Å². The molecule has 13 heavy (non-hydrogen) atoms. The molecule has 0 aliphatic heterocycles. The number of aliphatic hydroxyl groups excluding tert-OH is 1. The first kappa shape index (κ1) is 12.7. The highest BCUT2D eigenvalue weighted by Crippen LogP contribution is 2.18. The predicted molar refractivity (Wildman–Crippen MR) is 53.9 cm³/mol. The highest BCUT2D eigenvalue weighted by atomic mass is 32.2. The molecule has 0 rings (SSSR count). The minimum Gasteiger partial charge on any atom is -0.480 e. The van der Waals surface area contributed by atoms with Gasteiger partial charge in [-0.1, -0.05) is 6.92 Å². The molecule has 0 amide bonds. The van der Waals surface area contributed by atoms with Crippen molar-refractivity contribution in [3.8, 4) is 0 Å². The van der Waals surface area contributed by atoms with Gasteiger partial charge in [0.25, 0.3) is 0 Å². The summed E-state index contributed by atoms with van der Waals surface area (Å²) in [4.78, 5) is 10.4. The van der Waals surface area contributed by atoms with Crippen LogP contribution in [-0.4, -0.2) is 39.8 Å². The smallest absolute Gasteiger partial charge is 0.321 e. The Hall–Kier alpha value is -0.260. The highest BCUT2D eigenvalue weighted by molar-refractivity contribution is 7.99. The van der Waals surface area contributed by atoms with Gasteiger partial charge in [0.1, 0.15) is 6.04 Å². The maximum absolute atomic E-state index is 10.4. The molecule has 4 N–H and O–H groups in total. The molecule has 0 fully saturated rings. The van der Waals surface area contributed by atoms with E-state index in [0.29, 0.717) is 17.4 Å². The first-order valence-electron chi connectivity index (χ1n) is 4.32. The molecule has 0 aliphatic rings. The van der Waals surface area contributed by atoms with E-state index >= 15 is 0 Å². The number of nitrogens with two attached hydrogens (primary N) is 1. The minimum absolute atomic E-state index is 0.147. The summed E-state index contributed by atoms with van der Waals surface area (Å²) in [5.41, 5.74) is 5.33. The van der Waals surface area contributed by atoms with Crippen LogP contribution in [0.4, 0.5) is 0 Å². The predicted octanol–water partition coefficient (Wildman–Crippen LogP) is 0.292. The van der Waals surface area contributed by atoms with Gasteiger partial charge >= 0.3 is 5.97 Å².